The molecule has 6 nitrogen and oxygen atoms in total. The summed E-state index contributed by atoms with van der Waals surface area (Å²) in [5.41, 5.74) is 2.00. The normalized spacial score (nSPS) is 14.3. The molecule has 1 atom stereocenters. The van der Waals surface area contributed by atoms with Crippen LogP contribution in [0.1, 0.15) is 33.2 Å². The number of nitrogens with one attached hydrogen (secondary N) is 1. The summed E-state index contributed by atoms with van der Waals surface area (Å²) in [5, 5.41) is 0. The molecule has 6 heteroatoms. The Morgan fingerprint density at radius 3 is 2.23 bits per heavy atom. The molecule has 1 aliphatic rings. The largest absolute Gasteiger partial charge is 0.493 e. The van der Waals surface area contributed by atoms with E-state index in [1.165, 1.54) is 4.90 Å². The van der Waals surface area contributed by atoms with Crippen molar-refractivity contribution in [3.63, 3.8) is 0 Å². The molecule has 1 heterocycles. The van der Waals surface area contributed by atoms with E-state index in [2.05, 4.69) is 0 Å². The second-order valence-corrected chi connectivity index (χ2v) is 6.29. The van der Waals surface area contributed by atoms with Gasteiger partial charge in [0.05, 0.1) is 31.9 Å². The van der Waals surface area contributed by atoms with Gasteiger partial charge in [0.15, 0.2) is 18.2 Å². The van der Waals surface area contributed by atoms with E-state index >= 15 is 0 Å². The first-order valence-electron chi connectivity index (χ1n) is 8.61. The highest BCUT2D eigenvalue weighted by Crippen LogP contribution is 2.27. The zero-order valence-corrected chi connectivity index (χ0v) is 15.2. The lowest BCUT2D eigenvalue weighted by Crippen LogP contribution is -3.09. The number of methoxy groups -OCH3 is 1. The van der Waals surface area contributed by atoms with Gasteiger partial charge in [-0.15, -0.1) is 0 Å². The van der Waals surface area contributed by atoms with Crippen LogP contribution in [0.5, 0.6) is 11.5 Å². The van der Waals surface area contributed by atoms with Crippen molar-refractivity contribution in [3.8, 4) is 11.5 Å². The zero-order chi connectivity index (χ0) is 18.7. The van der Waals surface area contributed by atoms with Crippen LogP contribution in [0.15, 0.2) is 42.5 Å². The first-order valence-corrected chi connectivity index (χ1v) is 8.61. The highest BCUT2D eigenvalue weighted by molar-refractivity contribution is 6.21. The summed E-state index contributed by atoms with van der Waals surface area (Å²) >= 11 is 0. The van der Waals surface area contributed by atoms with E-state index in [0.717, 1.165) is 10.5 Å². The number of ether oxygens (including phenoxy) is 2. The van der Waals surface area contributed by atoms with Crippen molar-refractivity contribution in [1.29, 1.82) is 0 Å². The summed E-state index contributed by atoms with van der Waals surface area (Å²) in [6, 6.07) is 12.7. The number of carbonyl (C=O) groups is 2. The van der Waals surface area contributed by atoms with Crippen LogP contribution in [0, 0.1) is 0 Å². The Morgan fingerprint density at radius 1 is 1.00 bits per heavy atom. The molecule has 0 bridgehead atoms. The average molecular weight is 355 g/mol. The van der Waals surface area contributed by atoms with E-state index in [-0.39, 0.29) is 11.8 Å². The molecule has 0 fully saturated rings. The molecule has 0 saturated carbocycles. The van der Waals surface area contributed by atoms with E-state index in [1.54, 1.807) is 31.4 Å². The van der Waals surface area contributed by atoms with E-state index in [4.69, 9.17) is 9.47 Å². The van der Waals surface area contributed by atoms with E-state index < -0.39 is 0 Å². The molecular formula is C20H23N2O4+. The van der Waals surface area contributed by atoms with Gasteiger partial charge in [-0.05, 0) is 37.3 Å². The number of rotatable bonds is 7. The van der Waals surface area contributed by atoms with Crippen LogP contribution in [0.4, 0.5) is 0 Å². The minimum absolute atomic E-state index is 0.228. The summed E-state index contributed by atoms with van der Waals surface area (Å²) in [6.45, 7) is 3.45. The second kappa shape index (κ2) is 7.58. The lowest BCUT2D eigenvalue weighted by molar-refractivity contribution is -0.901. The van der Waals surface area contributed by atoms with E-state index in [1.807, 2.05) is 32.2 Å². The van der Waals surface area contributed by atoms with Crippen molar-refractivity contribution >= 4 is 11.8 Å². The number of hydrogen-bond donors (Lipinski definition) is 1. The first kappa shape index (κ1) is 17.9. The molecule has 0 saturated heterocycles. The summed E-state index contributed by atoms with van der Waals surface area (Å²) < 4.78 is 10.9. The number of carbonyl (C=O) groups excluding carboxylic acids is 2. The SMILES string of the molecule is CCOc1ccc(C[NH+](C)CN2C(=O)c3ccccc3C2=O)cc1OC. The zero-order valence-electron chi connectivity index (χ0n) is 15.2. The van der Waals surface area contributed by atoms with Crippen molar-refractivity contribution < 1.29 is 24.0 Å². The average Bonchev–Trinajstić information content (AvgIpc) is 2.88. The van der Waals surface area contributed by atoms with Gasteiger partial charge in [0.1, 0.15) is 6.54 Å². The first-order chi connectivity index (χ1) is 12.5. The van der Waals surface area contributed by atoms with Crippen LogP contribution in [-0.2, 0) is 6.54 Å². The highest BCUT2D eigenvalue weighted by atomic mass is 16.5. The van der Waals surface area contributed by atoms with Gasteiger partial charge < -0.3 is 14.4 Å². The van der Waals surface area contributed by atoms with Crippen molar-refractivity contribution in [2.75, 3.05) is 27.4 Å². The van der Waals surface area contributed by atoms with Crippen LogP contribution in [0.25, 0.3) is 0 Å². The van der Waals surface area contributed by atoms with E-state index in [0.29, 0.717) is 42.4 Å². The summed E-state index contributed by atoms with van der Waals surface area (Å²) in [7, 11) is 3.56. The fraction of sp³-hybridized carbons (Fsp3) is 0.300. The molecule has 3 rings (SSSR count). The topological polar surface area (TPSA) is 60.3 Å². The standard InChI is InChI=1S/C20H22N2O4/c1-4-26-17-10-9-14(11-18(17)25-3)12-21(2)13-22-19(23)15-7-5-6-8-16(15)20(22)24/h5-11H,4,12-13H2,1-3H3/p+1. The predicted octanol–water partition coefficient (Wildman–Crippen LogP) is 1.36. The Kier molecular flexibility index (Phi) is 5.23. The number of quaternary nitrogens is 1. The number of benzene rings is 2. The van der Waals surface area contributed by atoms with Gasteiger partial charge in [-0.25, -0.2) is 4.90 Å². The molecule has 0 aliphatic carbocycles. The molecule has 1 N–H and O–H groups in total. The van der Waals surface area contributed by atoms with Crippen molar-refractivity contribution in [2.24, 2.45) is 0 Å². The van der Waals surface area contributed by atoms with Gasteiger partial charge in [0.25, 0.3) is 11.8 Å². The predicted molar refractivity (Wildman–Crippen MR) is 96.6 cm³/mol. The quantitative estimate of drug-likeness (QED) is 0.762. The molecule has 2 aromatic carbocycles. The van der Waals surface area contributed by atoms with E-state index in [9.17, 15) is 9.59 Å². The molecule has 136 valence electrons. The van der Waals surface area contributed by atoms with Crippen LogP contribution in [-0.4, -0.2) is 44.1 Å². The minimum Gasteiger partial charge on any atom is -0.493 e. The van der Waals surface area contributed by atoms with Gasteiger partial charge >= 0.3 is 0 Å². The maximum atomic E-state index is 12.5. The van der Waals surface area contributed by atoms with Gasteiger partial charge in [-0.2, -0.15) is 0 Å². The molecule has 2 amide bonds. The third-order valence-electron chi connectivity index (χ3n) is 4.34. The smallest absolute Gasteiger partial charge is 0.265 e. The minimum atomic E-state index is -0.228. The van der Waals surface area contributed by atoms with Gasteiger partial charge in [-0.1, -0.05) is 12.1 Å². The Labute approximate surface area is 152 Å². The van der Waals surface area contributed by atoms with Gasteiger partial charge in [-0.3, -0.25) is 9.59 Å². The van der Waals surface area contributed by atoms with Crippen LogP contribution >= 0.6 is 0 Å². The number of fused-ring (bicyclic) bond motifs is 1. The van der Waals surface area contributed by atoms with Crippen LogP contribution < -0.4 is 14.4 Å². The van der Waals surface area contributed by atoms with Crippen LogP contribution in [0.3, 0.4) is 0 Å². The highest BCUT2D eigenvalue weighted by Gasteiger charge is 2.36. The Hall–Kier alpha value is -2.86. The van der Waals surface area contributed by atoms with Gasteiger partial charge in [0, 0.05) is 5.56 Å². The van der Waals surface area contributed by atoms with Crippen molar-refractivity contribution in [3.05, 3.63) is 59.2 Å². The summed E-state index contributed by atoms with van der Waals surface area (Å²) in [4.78, 5) is 27.3. The number of nitrogens with zero attached hydrogens (tertiary/aromatic N) is 1. The molecule has 0 radical (unpaired) electrons. The number of amides is 2. The Morgan fingerprint density at radius 2 is 1.65 bits per heavy atom. The summed E-state index contributed by atoms with van der Waals surface area (Å²) in [6.07, 6.45) is 0. The molecule has 0 spiro atoms. The molecular weight excluding hydrogens is 332 g/mol. The fourth-order valence-corrected chi connectivity index (χ4v) is 3.15. The fourth-order valence-electron chi connectivity index (χ4n) is 3.15. The Bertz CT molecular complexity index is 799. The maximum Gasteiger partial charge on any atom is 0.265 e. The number of imide groups is 1. The third kappa shape index (κ3) is 3.41. The third-order valence-corrected chi connectivity index (χ3v) is 4.34. The number of hydrogen-bond acceptors (Lipinski definition) is 4. The van der Waals surface area contributed by atoms with Gasteiger partial charge in [0.2, 0.25) is 0 Å². The maximum absolute atomic E-state index is 12.5. The molecule has 1 unspecified atom stereocenters. The van der Waals surface area contributed by atoms with Crippen molar-refractivity contribution in [1.82, 2.24) is 4.90 Å². The van der Waals surface area contributed by atoms with Crippen LogP contribution in [0.2, 0.25) is 0 Å². The molecule has 2 aromatic rings. The monoisotopic (exact) mass is 355 g/mol. The van der Waals surface area contributed by atoms with Crippen molar-refractivity contribution in [2.45, 2.75) is 13.5 Å². The molecule has 26 heavy (non-hydrogen) atoms. The lowest BCUT2D eigenvalue weighted by Gasteiger charge is -2.20. The second-order valence-electron chi connectivity index (χ2n) is 6.29. The summed E-state index contributed by atoms with van der Waals surface area (Å²) in [5.74, 6) is 0.929. The lowest BCUT2D eigenvalue weighted by atomic mass is 10.1. The molecule has 0 aromatic heterocycles. The Balaban J connectivity index is 1.69. The molecule has 1 aliphatic heterocycles.